The van der Waals surface area contributed by atoms with E-state index in [-0.39, 0.29) is 17.9 Å². The minimum absolute atomic E-state index is 0.113. The number of carbonyl (C=O) groups is 2. The molecular weight excluding hydrogens is 318 g/mol. The van der Waals surface area contributed by atoms with Gasteiger partial charge in [-0.1, -0.05) is 6.92 Å². The molecule has 2 amide bonds. The van der Waals surface area contributed by atoms with E-state index in [9.17, 15) is 9.59 Å². The monoisotopic (exact) mass is 347 g/mol. The average molecular weight is 347 g/mol. The third-order valence-corrected chi connectivity index (χ3v) is 5.39. The molecule has 0 radical (unpaired) electrons. The molecule has 0 bridgehead atoms. The summed E-state index contributed by atoms with van der Waals surface area (Å²) in [5, 5.41) is 3.40. The quantitative estimate of drug-likeness (QED) is 0.886. The van der Waals surface area contributed by atoms with Crippen LogP contribution in [0.25, 0.3) is 0 Å². The number of furan rings is 1. The van der Waals surface area contributed by atoms with E-state index in [0.717, 1.165) is 58.3 Å². The first-order valence-corrected chi connectivity index (χ1v) is 9.54. The van der Waals surface area contributed by atoms with Gasteiger partial charge in [0.25, 0.3) is 5.91 Å². The van der Waals surface area contributed by atoms with E-state index in [2.05, 4.69) is 12.2 Å². The Balaban J connectivity index is 1.61. The molecule has 1 aromatic rings. The van der Waals surface area contributed by atoms with Crippen LogP contribution in [0.2, 0.25) is 0 Å². The van der Waals surface area contributed by atoms with Crippen LogP contribution < -0.4 is 5.32 Å². The lowest BCUT2D eigenvalue weighted by Gasteiger charge is -2.39. The van der Waals surface area contributed by atoms with Crippen LogP contribution in [-0.2, 0) is 4.79 Å². The third kappa shape index (κ3) is 4.24. The minimum atomic E-state index is -0.336. The topological polar surface area (TPSA) is 65.8 Å². The Morgan fingerprint density at radius 1 is 1.20 bits per heavy atom. The molecule has 0 aliphatic carbocycles. The fourth-order valence-corrected chi connectivity index (χ4v) is 3.89. The summed E-state index contributed by atoms with van der Waals surface area (Å²) in [5.41, 5.74) is 0. The SMILES string of the molecule is CCNCC1CCN(C(=O)C2CCCCN2C(=O)c2ccco2)CC1. The van der Waals surface area contributed by atoms with E-state index in [0.29, 0.717) is 18.2 Å². The average Bonchev–Trinajstić information content (AvgIpc) is 3.20. The van der Waals surface area contributed by atoms with Crippen molar-refractivity contribution in [1.29, 1.82) is 0 Å². The molecule has 3 heterocycles. The first-order valence-electron chi connectivity index (χ1n) is 9.54. The van der Waals surface area contributed by atoms with Crippen LogP contribution in [0, 0.1) is 5.92 Å². The molecule has 2 saturated heterocycles. The molecule has 3 rings (SSSR count). The van der Waals surface area contributed by atoms with Gasteiger partial charge in [-0.05, 0) is 63.2 Å². The van der Waals surface area contributed by atoms with Crippen LogP contribution in [0.15, 0.2) is 22.8 Å². The fourth-order valence-electron chi connectivity index (χ4n) is 3.89. The predicted molar refractivity (Wildman–Crippen MR) is 95.2 cm³/mol. The first-order chi connectivity index (χ1) is 12.2. The van der Waals surface area contributed by atoms with Crippen LogP contribution in [0.3, 0.4) is 0 Å². The van der Waals surface area contributed by atoms with E-state index < -0.39 is 0 Å². The molecule has 2 aliphatic rings. The van der Waals surface area contributed by atoms with Crippen molar-refractivity contribution in [3.63, 3.8) is 0 Å². The number of nitrogens with zero attached hydrogens (tertiary/aromatic N) is 2. The molecule has 1 N–H and O–H groups in total. The summed E-state index contributed by atoms with van der Waals surface area (Å²) in [6.45, 7) is 6.37. The lowest BCUT2D eigenvalue weighted by Crippen LogP contribution is -2.54. The maximum atomic E-state index is 13.0. The van der Waals surface area contributed by atoms with Crippen LogP contribution in [0.4, 0.5) is 0 Å². The standard InChI is InChI=1S/C19H29N3O3/c1-2-20-14-15-8-11-21(12-9-15)18(23)16-6-3-4-10-22(16)19(24)17-7-5-13-25-17/h5,7,13,15-16,20H,2-4,6,8-12,14H2,1H3. The minimum Gasteiger partial charge on any atom is -0.459 e. The van der Waals surface area contributed by atoms with Crippen molar-refractivity contribution in [3.8, 4) is 0 Å². The molecule has 6 heteroatoms. The summed E-state index contributed by atoms with van der Waals surface area (Å²) < 4.78 is 5.25. The highest BCUT2D eigenvalue weighted by molar-refractivity contribution is 5.95. The molecule has 6 nitrogen and oxygen atoms in total. The number of nitrogens with one attached hydrogen (secondary N) is 1. The zero-order chi connectivity index (χ0) is 17.6. The number of hydrogen-bond donors (Lipinski definition) is 1. The van der Waals surface area contributed by atoms with E-state index in [1.165, 1.54) is 6.26 Å². The number of hydrogen-bond acceptors (Lipinski definition) is 4. The van der Waals surface area contributed by atoms with Crippen LogP contribution in [0.5, 0.6) is 0 Å². The Hall–Kier alpha value is -1.82. The van der Waals surface area contributed by atoms with Crippen molar-refractivity contribution in [2.24, 2.45) is 5.92 Å². The van der Waals surface area contributed by atoms with Crippen molar-refractivity contribution in [3.05, 3.63) is 24.2 Å². The number of likely N-dealkylation sites (tertiary alicyclic amines) is 2. The Kier molecular flexibility index (Phi) is 6.13. The molecule has 2 fully saturated rings. The highest BCUT2D eigenvalue weighted by Gasteiger charge is 2.36. The number of amides is 2. The van der Waals surface area contributed by atoms with Gasteiger partial charge >= 0.3 is 0 Å². The van der Waals surface area contributed by atoms with Crippen LogP contribution in [0.1, 0.15) is 49.6 Å². The van der Waals surface area contributed by atoms with E-state index in [1.54, 1.807) is 17.0 Å². The molecule has 0 saturated carbocycles. The largest absolute Gasteiger partial charge is 0.459 e. The smallest absolute Gasteiger partial charge is 0.290 e. The van der Waals surface area contributed by atoms with Gasteiger partial charge in [0.2, 0.25) is 5.91 Å². The molecule has 25 heavy (non-hydrogen) atoms. The third-order valence-electron chi connectivity index (χ3n) is 5.39. The van der Waals surface area contributed by atoms with Crippen molar-refractivity contribution < 1.29 is 14.0 Å². The van der Waals surface area contributed by atoms with Gasteiger partial charge in [-0.15, -0.1) is 0 Å². The van der Waals surface area contributed by atoms with Crippen molar-refractivity contribution in [2.75, 3.05) is 32.7 Å². The Bertz CT molecular complexity index is 564. The molecule has 138 valence electrons. The van der Waals surface area contributed by atoms with E-state index in [1.807, 2.05) is 4.90 Å². The van der Waals surface area contributed by atoms with E-state index >= 15 is 0 Å². The van der Waals surface area contributed by atoms with Gasteiger partial charge in [-0.2, -0.15) is 0 Å². The Morgan fingerprint density at radius 3 is 2.68 bits per heavy atom. The van der Waals surface area contributed by atoms with Gasteiger partial charge in [0.15, 0.2) is 5.76 Å². The highest BCUT2D eigenvalue weighted by atomic mass is 16.3. The molecule has 2 aliphatic heterocycles. The Labute approximate surface area is 149 Å². The fraction of sp³-hybridized carbons (Fsp3) is 0.684. The molecular formula is C19H29N3O3. The second kappa shape index (κ2) is 8.52. The summed E-state index contributed by atoms with van der Waals surface area (Å²) in [6, 6.07) is 3.05. The molecule has 1 unspecified atom stereocenters. The zero-order valence-corrected chi connectivity index (χ0v) is 15.1. The lowest BCUT2D eigenvalue weighted by molar-refractivity contribution is -0.138. The number of piperidine rings is 2. The van der Waals surface area contributed by atoms with Gasteiger partial charge in [0, 0.05) is 19.6 Å². The first kappa shape index (κ1) is 18.0. The van der Waals surface area contributed by atoms with Gasteiger partial charge in [-0.3, -0.25) is 9.59 Å². The number of rotatable bonds is 5. The molecule has 0 spiro atoms. The predicted octanol–water partition coefficient (Wildman–Crippen LogP) is 2.12. The summed E-state index contributed by atoms with van der Waals surface area (Å²) in [7, 11) is 0. The number of carbonyl (C=O) groups excluding carboxylic acids is 2. The molecule has 0 aromatic carbocycles. The maximum Gasteiger partial charge on any atom is 0.290 e. The van der Waals surface area contributed by atoms with Crippen molar-refractivity contribution in [1.82, 2.24) is 15.1 Å². The Morgan fingerprint density at radius 2 is 2.00 bits per heavy atom. The zero-order valence-electron chi connectivity index (χ0n) is 15.1. The normalized spacial score (nSPS) is 22.2. The van der Waals surface area contributed by atoms with Crippen molar-refractivity contribution in [2.45, 2.75) is 45.1 Å². The van der Waals surface area contributed by atoms with Gasteiger partial charge in [0.05, 0.1) is 6.26 Å². The van der Waals surface area contributed by atoms with Gasteiger partial charge in [0.1, 0.15) is 6.04 Å². The summed E-state index contributed by atoms with van der Waals surface area (Å²) in [5.74, 6) is 0.923. The maximum absolute atomic E-state index is 13.0. The second-order valence-corrected chi connectivity index (χ2v) is 7.06. The highest BCUT2D eigenvalue weighted by Crippen LogP contribution is 2.24. The summed E-state index contributed by atoms with van der Waals surface area (Å²) >= 11 is 0. The summed E-state index contributed by atoms with van der Waals surface area (Å²) in [6.07, 6.45) is 6.27. The molecule has 1 atom stereocenters. The van der Waals surface area contributed by atoms with Crippen LogP contribution in [-0.4, -0.2) is 60.4 Å². The van der Waals surface area contributed by atoms with E-state index in [4.69, 9.17) is 4.42 Å². The van der Waals surface area contributed by atoms with Crippen molar-refractivity contribution >= 4 is 11.8 Å². The molecule has 1 aromatic heterocycles. The lowest BCUT2D eigenvalue weighted by atomic mass is 9.94. The second-order valence-electron chi connectivity index (χ2n) is 7.06. The van der Waals surface area contributed by atoms with Gasteiger partial charge < -0.3 is 19.5 Å². The van der Waals surface area contributed by atoms with Crippen LogP contribution >= 0.6 is 0 Å². The van der Waals surface area contributed by atoms with Gasteiger partial charge in [-0.25, -0.2) is 0 Å². The summed E-state index contributed by atoms with van der Waals surface area (Å²) in [4.78, 5) is 29.4.